The molecule has 148 valence electrons. The van der Waals surface area contributed by atoms with Crippen molar-refractivity contribution in [2.24, 2.45) is 5.92 Å². The topological polar surface area (TPSA) is 70.2 Å². The van der Waals surface area contributed by atoms with Crippen LogP contribution in [0.1, 0.15) is 37.5 Å². The quantitative estimate of drug-likeness (QED) is 0.722. The predicted molar refractivity (Wildman–Crippen MR) is 112 cm³/mol. The molecule has 2 aromatic rings. The van der Waals surface area contributed by atoms with E-state index in [1.807, 2.05) is 50.2 Å². The lowest BCUT2D eigenvalue weighted by atomic mass is 9.94. The maximum absolute atomic E-state index is 12.8. The summed E-state index contributed by atoms with van der Waals surface area (Å²) < 4.78 is 0. The van der Waals surface area contributed by atoms with Crippen LogP contribution in [0.5, 0.6) is 0 Å². The molecule has 0 saturated carbocycles. The summed E-state index contributed by atoms with van der Waals surface area (Å²) in [5.41, 5.74) is 4.37. The van der Waals surface area contributed by atoms with Gasteiger partial charge in [-0.15, -0.1) is 0 Å². The van der Waals surface area contributed by atoms with Crippen molar-refractivity contribution >= 4 is 17.5 Å². The summed E-state index contributed by atoms with van der Waals surface area (Å²) in [4.78, 5) is 25.6. The zero-order valence-corrected chi connectivity index (χ0v) is 16.8. The summed E-state index contributed by atoms with van der Waals surface area (Å²) >= 11 is 0. The highest BCUT2D eigenvalue weighted by molar-refractivity contribution is 5.98. The minimum atomic E-state index is -0.586. The van der Waals surface area contributed by atoms with Crippen LogP contribution < -0.4 is 16.0 Å². The van der Waals surface area contributed by atoms with Gasteiger partial charge in [-0.1, -0.05) is 57.2 Å². The van der Waals surface area contributed by atoms with Gasteiger partial charge >= 0.3 is 0 Å². The number of hydrogen-bond acceptors (Lipinski definition) is 3. The van der Waals surface area contributed by atoms with E-state index in [1.165, 1.54) is 16.7 Å². The molecule has 1 heterocycles. The van der Waals surface area contributed by atoms with E-state index in [9.17, 15) is 9.59 Å². The second kappa shape index (κ2) is 9.02. The number of hydrogen-bond donors (Lipinski definition) is 3. The van der Waals surface area contributed by atoms with E-state index in [0.717, 1.165) is 12.1 Å². The Labute approximate surface area is 166 Å². The van der Waals surface area contributed by atoms with Crippen molar-refractivity contribution in [3.63, 3.8) is 0 Å². The maximum Gasteiger partial charge on any atom is 0.247 e. The zero-order chi connectivity index (χ0) is 20.1. The van der Waals surface area contributed by atoms with Gasteiger partial charge in [-0.2, -0.15) is 0 Å². The molecule has 0 saturated heterocycles. The minimum absolute atomic E-state index is 0.0188. The van der Waals surface area contributed by atoms with Crippen LogP contribution in [0.15, 0.2) is 48.5 Å². The Bertz CT molecular complexity index is 830. The van der Waals surface area contributed by atoms with E-state index in [4.69, 9.17) is 0 Å². The summed E-state index contributed by atoms with van der Waals surface area (Å²) in [5, 5.41) is 9.15. The fourth-order valence-corrected chi connectivity index (χ4v) is 3.47. The van der Waals surface area contributed by atoms with Gasteiger partial charge in [0, 0.05) is 12.2 Å². The number of anilines is 1. The van der Waals surface area contributed by atoms with Crippen molar-refractivity contribution in [1.82, 2.24) is 10.6 Å². The summed E-state index contributed by atoms with van der Waals surface area (Å²) in [6.07, 6.45) is 1.59. The number of aryl methyl sites for hydroxylation is 1. The molecule has 0 aliphatic carbocycles. The number of amides is 2. The number of carbonyl (C=O) groups excluding carboxylic acids is 2. The smallest absolute Gasteiger partial charge is 0.247 e. The number of nitrogens with one attached hydrogen (secondary N) is 3. The normalized spacial score (nSPS) is 16.9. The van der Waals surface area contributed by atoms with Crippen LogP contribution in [0.3, 0.4) is 0 Å². The lowest BCUT2D eigenvalue weighted by Crippen LogP contribution is -2.54. The van der Waals surface area contributed by atoms with Crippen molar-refractivity contribution in [3.05, 3.63) is 65.2 Å². The van der Waals surface area contributed by atoms with Gasteiger partial charge in [0.15, 0.2) is 0 Å². The van der Waals surface area contributed by atoms with Crippen LogP contribution in [0.2, 0.25) is 0 Å². The fraction of sp³-hybridized carbons (Fsp3) is 0.391. The molecule has 3 rings (SSSR count). The summed E-state index contributed by atoms with van der Waals surface area (Å²) in [7, 11) is 0. The summed E-state index contributed by atoms with van der Waals surface area (Å²) in [6, 6.07) is 15.0. The lowest BCUT2D eigenvalue weighted by molar-refractivity contribution is -0.128. The van der Waals surface area contributed by atoms with Gasteiger partial charge in [0.25, 0.3) is 0 Å². The SMILES string of the molecule is CCc1ccc(NC(=O)[C@@H](NC(=O)[C@H]2Cc3ccccc3CN2)C(C)C)cc1. The average Bonchev–Trinajstić information content (AvgIpc) is 2.71. The van der Waals surface area contributed by atoms with Gasteiger partial charge in [0.05, 0.1) is 6.04 Å². The third-order valence-corrected chi connectivity index (χ3v) is 5.27. The molecule has 2 amide bonds. The first kappa shape index (κ1) is 20.1. The van der Waals surface area contributed by atoms with Gasteiger partial charge in [-0.25, -0.2) is 0 Å². The number of benzene rings is 2. The standard InChI is InChI=1S/C23H29N3O2/c1-4-16-9-11-19(12-10-16)25-23(28)21(15(2)3)26-22(27)20-13-17-7-5-6-8-18(17)14-24-20/h5-12,15,20-21,24H,4,13-14H2,1-3H3,(H,25,28)(H,26,27)/t20-,21+/m1/s1. The van der Waals surface area contributed by atoms with Crippen LogP contribution in [0.4, 0.5) is 5.69 Å². The molecule has 0 radical (unpaired) electrons. The van der Waals surface area contributed by atoms with Gasteiger partial charge < -0.3 is 16.0 Å². The Morgan fingerprint density at radius 3 is 2.39 bits per heavy atom. The molecule has 2 aromatic carbocycles. The van der Waals surface area contributed by atoms with Crippen molar-refractivity contribution in [1.29, 1.82) is 0 Å². The lowest BCUT2D eigenvalue weighted by Gasteiger charge is -2.28. The molecule has 28 heavy (non-hydrogen) atoms. The van der Waals surface area contributed by atoms with Crippen molar-refractivity contribution in [3.8, 4) is 0 Å². The highest BCUT2D eigenvalue weighted by atomic mass is 16.2. The van der Waals surface area contributed by atoms with Gasteiger partial charge in [0.2, 0.25) is 11.8 Å². The van der Waals surface area contributed by atoms with Gasteiger partial charge in [0.1, 0.15) is 6.04 Å². The minimum Gasteiger partial charge on any atom is -0.343 e. The average molecular weight is 380 g/mol. The molecule has 5 heteroatoms. The first-order valence-corrected chi connectivity index (χ1v) is 9.98. The zero-order valence-electron chi connectivity index (χ0n) is 16.8. The Hall–Kier alpha value is -2.66. The van der Waals surface area contributed by atoms with Crippen molar-refractivity contribution in [2.75, 3.05) is 5.32 Å². The largest absolute Gasteiger partial charge is 0.343 e. The van der Waals surface area contributed by atoms with Crippen LogP contribution >= 0.6 is 0 Å². The van der Waals surface area contributed by atoms with E-state index in [0.29, 0.717) is 13.0 Å². The number of rotatable bonds is 6. The molecule has 0 spiro atoms. The molecule has 1 aliphatic heterocycles. The second-order valence-corrected chi connectivity index (χ2v) is 7.68. The molecule has 0 aromatic heterocycles. The summed E-state index contributed by atoms with van der Waals surface area (Å²) in [6.45, 7) is 6.63. The van der Waals surface area contributed by atoms with Gasteiger partial charge in [-0.3, -0.25) is 9.59 Å². The van der Waals surface area contributed by atoms with E-state index < -0.39 is 6.04 Å². The molecule has 1 aliphatic rings. The van der Waals surface area contributed by atoms with Crippen molar-refractivity contribution in [2.45, 2.75) is 52.2 Å². The predicted octanol–water partition coefficient (Wildman–Crippen LogP) is 3.04. The third kappa shape index (κ3) is 4.78. The molecule has 0 bridgehead atoms. The number of carbonyl (C=O) groups is 2. The highest BCUT2D eigenvalue weighted by Crippen LogP contribution is 2.17. The van der Waals surface area contributed by atoms with E-state index in [1.54, 1.807) is 0 Å². The van der Waals surface area contributed by atoms with Crippen LogP contribution in [0, 0.1) is 5.92 Å². The Morgan fingerprint density at radius 1 is 1.07 bits per heavy atom. The molecular formula is C23H29N3O2. The summed E-state index contributed by atoms with van der Waals surface area (Å²) in [5.74, 6) is -0.344. The fourth-order valence-electron chi connectivity index (χ4n) is 3.47. The van der Waals surface area contributed by atoms with Crippen molar-refractivity contribution < 1.29 is 9.59 Å². The second-order valence-electron chi connectivity index (χ2n) is 7.68. The number of fused-ring (bicyclic) bond motifs is 1. The molecule has 0 fully saturated rings. The maximum atomic E-state index is 12.8. The first-order chi connectivity index (χ1) is 13.5. The molecule has 0 unspecified atom stereocenters. The van der Waals surface area contributed by atoms with E-state index in [2.05, 4.69) is 35.0 Å². The van der Waals surface area contributed by atoms with E-state index in [-0.39, 0.29) is 23.8 Å². The Morgan fingerprint density at radius 2 is 1.75 bits per heavy atom. The van der Waals surface area contributed by atoms with Crippen LogP contribution in [-0.2, 0) is 29.0 Å². The molecular weight excluding hydrogens is 350 g/mol. The van der Waals surface area contributed by atoms with Crippen LogP contribution in [0.25, 0.3) is 0 Å². The Kier molecular flexibility index (Phi) is 6.47. The molecule has 5 nitrogen and oxygen atoms in total. The third-order valence-electron chi connectivity index (χ3n) is 5.27. The van der Waals surface area contributed by atoms with Gasteiger partial charge in [-0.05, 0) is 47.6 Å². The van der Waals surface area contributed by atoms with Crippen LogP contribution in [-0.4, -0.2) is 23.9 Å². The van der Waals surface area contributed by atoms with E-state index >= 15 is 0 Å². The molecule has 3 N–H and O–H groups in total. The monoisotopic (exact) mass is 379 g/mol. The molecule has 2 atom stereocenters. The Balaban J connectivity index is 1.63. The first-order valence-electron chi connectivity index (χ1n) is 9.98. The highest BCUT2D eigenvalue weighted by Gasteiger charge is 2.29.